The quantitative estimate of drug-likeness (QED) is 0.830. The first kappa shape index (κ1) is 17.5. The zero-order valence-electron chi connectivity index (χ0n) is 16.1. The summed E-state index contributed by atoms with van der Waals surface area (Å²) >= 11 is 0. The van der Waals surface area contributed by atoms with Crippen LogP contribution in [0.15, 0.2) is 18.2 Å². The summed E-state index contributed by atoms with van der Waals surface area (Å²) in [7, 11) is 1.84. The van der Waals surface area contributed by atoms with Crippen molar-refractivity contribution in [1.29, 1.82) is 0 Å². The summed E-state index contributed by atoms with van der Waals surface area (Å²) in [5, 5.41) is 10.6. The van der Waals surface area contributed by atoms with Gasteiger partial charge in [-0.05, 0) is 78.4 Å². The van der Waals surface area contributed by atoms with Gasteiger partial charge in [-0.2, -0.15) is 0 Å². The van der Waals surface area contributed by atoms with E-state index in [-0.39, 0.29) is 11.5 Å². The molecule has 0 amide bonds. The van der Waals surface area contributed by atoms with E-state index in [1.807, 2.05) is 7.11 Å². The van der Waals surface area contributed by atoms with Gasteiger partial charge < -0.3 is 9.84 Å². The second-order valence-electron chi connectivity index (χ2n) is 9.12. The van der Waals surface area contributed by atoms with Gasteiger partial charge in [0.15, 0.2) is 0 Å². The number of hydrogen-bond donors (Lipinski definition) is 1. The second-order valence-corrected chi connectivity index (χ2v) is 9.12. The van der Waals surface area contributed by atoms with Gasteiger partial charge in [0.25, 0.3) is 0 Å². The van der Waals surface area contributed by atoms with Crippen LogP contribution in [-0.4, -0.2) is 24.9 Å². The largest absolute Gasteiger partial charge is 0.393 e. The lowest BCUT2D eigenvalue weighted by Crippen LogP contribution is -2.44. The zero-order valence-corrected chi connectivity index (χ0v) is 16.1. The lowest BCUT2D eigenvalue weighted by Gasteiger charge is -2.51. The molecule has 1 aromatic carbocycles. The van der Waals surface area contributed by atoms with Crippen molar-refractivity contribution in [2.45, 2.75) is 76.7 Å². The first-order chi connectivity index (χ1) is 12.1. The lowest BCUT2D eigenvalue weighted by atomic mass is 9.54. The Balaban J connectivity index is 1.71. The lowest BCUT2D eigenvalue weighted by molar-refractivity contribution is -0.0273. The van der Waals surface area contributed by atoms with Crippen molar-refractivity contribution >= 4 is 0 Å². The van der Waals surface area contributed by atoms with E-state index in [0.717, 1.165) is 18.9 Å². The highest BCUT2D eigenvalue weighted by Crippen LogP contribution is 2.62. The fraction of sp³-hybridized carbons (Fsp3) is 0.739. The minimum atomic E-state index is -0.0901. The fourth-order valence-electron chi connectivity index (χ4n) is 6.55. The van der Waals surface area contributed by atoms with E-state index < -0.39 is 0 Å². The maximum atomic E-state index is 10.6. The molecule has 0 aliphatic heterocycles. The predicted molar refractivity (Wildman–Crippen MR) is 102 cm³/mol. The monoisotopic (exact) mass is 342 g/mol. The standard InChI is InChI=1S/C23H34O2/c1-4-5-15-6-7-17-18-10-11-23(2)21(8-9-22(23)24)20(18)13-16(14-25-3)19(17)12-15/h6-7,12,16,18,20-22,24H,4-5,8-11,13-14H2,1-3H3/t16?,18-,20?,21?,22?,23?/m1/s1. The zero-order chi connectivity index (χ0) is 17.6. The SMILES string of the molecule is CCCc1ccc2c(c1)C(COC)CC1C3CCC(O)C3(C)CC[C@H]21. The van der Waals surface area contributed by atoms with E-state index in [9.17, 15) is 5.11 Å². The number of hydrogen-bond acceptors (Lipinski definition) is 2. The number of benzene rings is 1. The van der Waals surface area contributed by atoms with Crippen LogP contribution >= 0.6 is 0 Å². The van der Waals surface area contributed by atoms with E-state index in [2.05, 4.69) is 32.0 Å². The van der Waals surface area contributed by atoms with Gasteiger partial charge in [-0.3, -0.25) is 0 Å². The Bertz CT molecular complexity index is 625. The summed E-state index contributed by atoms with van der Waals surface area (Å²) in [5.74, 6) is 2.63. The molecule has 0 saturated heterocycles. The van der Waals surface area contributed by atoms with Crippen molar-refractivity contribution in [3.05, 3.63) is 34.9 Å². The van der Waals surface area contributed by atoms with Crippen LogP contribution in [0.4, 0.5) is 0 Å². The smallest absolute Gasteiger partial charge is 0.0596 e. The van der Waals surface area contributed by atoms with Gasteiger partial charge in [0.2, 0.25) is 0 Å². The van der Waals surface area contributed by atoms with Crippen LogP contribution in [0.1, 0.15) is 80.9 Å². The van der Waals surface area contributed by atoms with Gasteiger partial charge in [-0.25, -0.2) is 0 Å². The molecular weight excluding hydrogens is 308 g/mol. The number of fused-ring (bicyclic) bond motifs is 5. The molecule has 4 rings (SSSR count). The number of rotatable bonds is 4. The minimum Gasteiger partial charge on any atom is -0.393 e. The Morgan fingerprint density at radius 1 is 1.20 bits per heavy atom. The highest BCUT2D eigenvalue weighted by molar-refractivity contribution is 5.41. The van der Waals surface area contributed by atoms with Crippen LogP contribution in [0, 0.1) is 17.3 Å². The molecule has 2 fully saturated rings. The molecule has 0 aromatic heterocycles. The highest BCUT2D eigenvalue weighted by Gasteiger charge is 2.55. The van der Waals surface area contributed by atoms with Crippen molar-refractivity contribution in [2.75, 3.05) is 13.7 Å². The molecule has 3 aliphatic rings. The van der Waals surface area contributed by atoms with Gasteiger partial charge in [0.05, 0.1) is 12.7 Å². The maximum Gasteiger partial charge on any atom is 0.0596 e. The van der Waals surface area contributed by atoms with E-state index in [4.69, 9.17) is 4.74 Å². The van der Waals surface area contributed by atoms with Crippen molar-refractivity contribution in [1.82, 2.24) is 0 Å². The average Bonchev–Trinajstić information content (AvgIpc) is 2.91. The van der Waals surface area contributed by atoms with E-state index in [1.54, 1.807) is 11.1 Å². The van der Waals surface area contributed by atoms with Gasteiger partial charge in [-0.15, -0.1) is 0 Å². The molecule has 0 bridgehead atoms. The molecule has 138 valence electrons. The third-order valence-electron chi connectivity index (χ3n) is 7.84. The minimum absolute atomic E-state index is 0.0901. The number of aryl methyl sites for hydroxylation is 1. The summed E-state index contributed by atoms with van der Waals surface area (Å²) in [6.45, 7) is 5.45. The molecule has 1 N–H and O–H groups in total. The molecule has 2 saturated carbocycles. The molecule has 1 aromatic rings. The van der Waals surface area contributed by atoms with E-state index in [1.165, 1.54) is 44.1 Å². The predicted octanol–water partition coefficient (Wildman–Crippen LogP) is 5.04. The molecule has 0 spiro atoms. The Morgan fingerprint density at radius 2 is 2.04 bits per heavy atom. The summed E-state index contributed by atoms with van der Waals surface area (Å²) in [4.78, 5) is 0. The van der Waals surface area contributed by atoms with Crippen LogP contribution in [0.5, 0.6) is 0 Å². The number of ether oxygens (including phenoxy) is 1. The van der Waals surface area contributed by atoms with Crippen LogP contribution in [0.3, 0.4) is 0 Å². The molecular formula is C23H34O2. The second kappa shape index (κ2) is 6.70. The third-order valence-corrected chi connectivity index (χ3v) is 7.84. The summed E-state index contributed by atoms with van der Waals surface area (Å²) in [6, 6.07) is 7.29. The molecule has 2 nitrogen and oxygen atoms in total. The van der Waals surface area contributed by atoms with Crippen molar-refractivity contribution in [3.8, 4) is 0 Å². The Hall–Kier alpha value is -0.860. The third kappa shape index (κ3) is 2.77. The summed E-state index contributed by atoms with van der Waals surface area (Å²) < 4.78 is 5.63. The molecule has 5 unspecified atom stereocenters. The molecule has 25 heavy (non-hydrogen) atoms. The van der Waals surface area contributed by atoms with Crippen LogP contribution in [0.2, 0.25) is 0 Å². The van der Waals surface area contributed by atoms with Gasteiger partial charge >= 0.3 is 0 Å². The fourth-order valence-corrected chi connectivity index (χ4v) is 6.55. The summed E-state index contributed by atoms with van der Waals surface area (Å²) in [5.41, 5.74) is 4.80. The summed E-state index contributed by atoms with van der Waals surface area (Å²) in [6.07, 6.45) is 8.18. The Morgan fingerprint density at radius 3 is 2.80 bits per heavy atom. The van der Waals surface area contributed by atoms with Crippen LogP contribution < -0.4 is 0 Å². The first-order valence-corrected chi connectivity index (χ1v) is 10.4. The first-order valence-electron chi connectivity index (χ1n) is 10.4. The van der Waals surface area contributed by atoms with E-state index >= 15 is 0 Å². The average molecular weight is 343 g/mol. The Labute approximate surface area is 153 Å². The van der Waals surface area contributed by atoms with Crippen molar-refractivity contribution in [2.24, 2.45) is 17.3 Å². The van der Waals surface area contributed by atoms with Gasteiger partial charge in [-0.1, -0.05) is 38.5 Å². The van der Waals surface area contributed by atoms with Crippen LogP contribution in [-0.2, 0) is 11.2 Å². The number of aliphatic hydroxyl groups excluding tert-OH is 1. The molecule has 0 radical (unpaired) electrons. The molecule has 6 atom stereocenters. The normalized spacial score (nSPS) is 39.6. The molecule has 0 heterocycles. The van der Waals surface area contributed by atoms with Gasteiger partial charge in [0, 0.05) is 13.0 Å². The maximum absolute atomic E-state index is 10.6. The molecule has 2 heteroatoms. The topological polar surface area (TPSA) is 29.5 Å². The van der Waals surface area contributed by atoms with Crippen molar-refractivity contribution in [3.63, 3.8) is 0 Å². The van der Waals surface area contributed by atoms with E-state index in [0.29, 0.717) is 17.8 Å². The van der Waals surface area contributed by atoms with Crippen molar-refractivity contribution < 1.29 is 9.84 Å². The Kier molecular flexibility index (Phi) is 4.70. The number of methoxy groups -OCH3 is 1. The number of aliphatic hydroxyl groups is 1. The van der Waals surface area contributed by atoms with Gasteiger partial charge in [0.1, 0.15) is 0 Å². The molecule has 3 aliphatic carbocycles. The highest BCUT2D eigenvalue weighted by atomic mass is 16.5. The van der Waals surface area contributed by atoms with Crippen LogP contribution in [0.25, 0.3) is 0 Å².